The summed E-state index contributed by atoms with van der Waals surface area (Å²) < 4.78 is 0. The number of carboxylic acids is 1. The molecule has 0 aromatic carbocycles. The van der Waals surface area contributed by atoms with Gasteiger partial charge in [-0.05, 0) is 52.9 Å². The minimum atomic E-state index is -0.646. The van der Waals surface area contributed by atoms with Crippen LogP contribution in [0.25, 0.3) is 0 Å². The normalized spacial score (nSPS) is 19.4. The Kier molecular flexibility index (Phi) is 5.60. The van der Waals surface area contributed by atoms with E-state index in [4.69, 9.17) is 0 Å². The van der Waals surface area contributed by atoms with Crippen LogP contribution in [0.4, 0.5) is 0 Å². The lowest BCUT2D eigenvalue weighted by Gasteiger charge is -2.39. The van der Waals surface area contributed by atoms with Gasteiger partial charge in [-0.3, -0.25) is 4.79 Å². The SMILES string of the molecule is CCC(CC)(CN(C)C1CCN(C)CC1)C(=O)O. The predicted octanol–water partition coefficient (Wildman–Crippen LogP) is 1.90. The molecule has 1 N–H and O–H groups in total. The Bertz CT molecular complexity index is 269. The van der Waals surface area contributed by atoms with Gasteiger partial charge in [0.2, 0.25) is 0 Å². The summed E-state index contributed by atoms with van der Waals surface area (Å²) >= 11 is 0. The molecule has 4 heteroatoms. The fourth-order valence-corrected chi connectivity index (χ4v) is 2.89. The fourth-order valence-electron chi connectivity index (χ4n) is 2.89. The molecule has 0 aromatic rings. The second kappa shape index (κ2) is 6.53. The number of nitrogens with zero attached hydrogens (tertiary/aromatic N) is 2. The van der Waals surface area contributed by atoms with E-state index in [0.717, 1.165) is 25.9 Å². The number of likely N-dealkylation sites (tertiary alicyclic amines) is 1. The quantitative estimate of drug-likeness (QED) is 0.788. The average Bonchev–Trinajstić information content (AvgIpc) is 2.36. The lowest BCUT2D eigenvalue weighted by atomic mass is 9.81. The van der Waals surface area contributed by atoms with Gasteiger partial charge < -0.3 is 14.9 Å². The molecular formula is C14H28N2O2. The molecule has 0 bridgehead atoms. The van der Waals surface area contributed by atoms with Crippen molar-refractivity contribution in [3.05, 3.63) is 0 Å². The van der Waals surface area contributed by atoms with Crippen LogP contribution in [0, 0.1) is 5.41 Å². The van der Waals surface area contributed by atoms with Gasteiger partial charge in [0, 0.05) is 12.6 Å². The number of hydrogen-bond donors (Lipinski definition) is 1. The molecule has 0 saturated carbocycles. The first-order valence-electron chi connectivity index (χ1n) is 7.07. The number of rotatable bonds is 6. The Balaban J connectivity index is 2.61. The Morgan fingerprint density at radius 2 is 1.83 bits per heavy atom. The van der Waals surface area contributed by atoms with E-state index >= 15 is 0 Å². The van der Waals surface area contributed by atoms with E-state index in [1.807, 2.05) is 13.8 Å². The van der Waals surface area contributed by atoms with Gasteiger partial charge >= 0.3 is 5.97 Å². The minimum absolute atomic E-state index is 0.540. The molecular weight excluding hydrogens is 228 g/mol. The van der Waals surface area contributed by atoms with E-state index in [1.54, 1.807) is 0 Å². The molecule has 18 heavy (non-hydrogen) atoms. The van der Waals surface area contributed by atoms with Gasteiger partial charge in [-0.2, -0.15) is 0 Å². The molecule has 4 nitrogen and oxygen atoms in total. The third kappa shape index (κ3) is 3.45. The highest BCUT2D eigenvalue weighted by molar-refractivity contribution is 5.74. The van der Waals surface area contributed by atoms with E-state index in [-0.39, 0.29) is 0 Å². The van der Waals surface area contributed by atoms with Crippen molar-refractivity contribution in [3.8, 4) is 0 Å². The van der Waals surface area contributed by atoms with Crippen molar-refractivity contribution in [2.75, 3.05) is 33.7 Å². The summed E-state index contributed by atoms with van der Waals surface area (Å²) in [5.74, 6) is -0.646. The van der Waals surface area contributed by atoms with Gasteiger partial charge in [0.15, 0.2) is 0 Å². The Morgan fingerprint density at radius 1 is 1.33 bits per heavy atom. The predicted molar refractivity (Wildman–Crippen MR) is 73.8 cm³/mol. The summed E-state index contributed by atoms with van der Waals surface area (Å²) in [5, 5.41) is 9.48. The number of hydrogen-bond acceptors (Lipinski definition) is 3. The molecule has 0 spiro atoms. The molecule has 0 aromatic heterocycles. The van der Waals surface area contributed by atoms with Gasteiger partial charge in [-0.1, -0.05) is 13.8 Å². The zero-order valence-corrected chi connectivity index (χ0v) is 12.3. The third-order valence-electron chi connectivity index (χ3n) is 4.67. The largest absolute Gasteiger partial charge is 0.481 e. The maximum Gasteiger partial charge on any atom is 0.310 e. The van der Waals surface area contributed by atoms with Crippen LogP contribution >= 0.6 is 0 Å². The van der Waals surface area contributed by atoms with Gasteiger partial charge in [-0.15, -0.1) is 0 Å². The van der Waals surface area contributed by atoms with E-state index in [1.165, 1.54) is 0 Å². The van der Waals surface area contributed by atoms with Crippen LogP contribution in [0.1, 0.15) is 39.5 Å². The first-order chi connectivity index (χ1) is 8.45. The van der Waals surface area contributed by atoms with Crippen molar-refractivity contribution >= 4 is 5.97 Å². The summed E-state index contributed by atoms with van der Waals surface area (Å²) in [6.45, 7) is 6.88. The number of aliphatic carboxylic acids is 1. The van der Waals surface area contributed by atoms with Gasteiger partial charge in [0.25, 0.3) is 0 Å². The average molecular weight is 256 g/mol. The molecule has 0 atom stereocenters. The molecule has 0 amide bonds. The smallest absolute Gasteiger partial charge is 0.310 e. The minimum Gasteiger partial charge on any atom is -0.481 e. The number of piperidine rings is 1. The number of carbonyl (C=O) groups is 1. The van der Waals surface area contributed by atoms with Crippen molar-refractivity contribution in [2.45, 2.75) is 45.6 Å². The van der Waals surface area contributed by atoms with Crippen LogP contribution in [-0.4, -0.2) is 60.6 Å². The lowest BCUT2D eigenvalue weighted by Crippen LogP contribution is -2.48. The van der Waals surface area contributed by atoms with E-state index in [9.17, 15) is 9.90 Å². The summed E-state index contributed by atoms with van der Waals surface area (Å²) in [6.07, 6.45) is 3.71. The maximum atomic E-state index is 11.5. The van der Waals surface area contributed by atoms with Crippen LogP contribution in [-0.2, 0) is 4.79 Å². The van der Waals surface area contributed by atoms with Crippen molar-refractivity contribution in [1.82, 2.24) is 9.80 Å². The number of carboxylic acid groups (broad SMARTS) is 1. The molecule has 1 heterocycles. The van der Waals surface area contributed by atoms with Crippen molar-refractivity contribution in [1.29, 1.82) is 0 Å². The fraction of sp³-hybridized carbons (Fsp3) is 0.929. The van der Waals surface area contributed by atoms with E-state index in [0.29, 0.717) is 25.4 Å². The van der Waals surface area contributed by atoms with Crippen molar-refractivity contribution < 1.29 is 9.90 Å². The zero-order chi connectivity index (χ0) is 13.8. The molecule has 1 aliphatic heterocycles. The molecule has 0 aliphatic carbocycles. The second-order valence-electron chi connectivity index (χ2n) is 5.74. The molecule has 1 saturated heterocycles. The van der Waals surface area contributed by atoms with Crippen LogP contribution in [0.2, 0.25) is 0 Å². The highest BCUT2D eigenvalue weighted by Gasteiger charge is 2.37. The Hall–Kier alpha value is -0.610. The van der Waals surface area contributed by atoms with Crippen LogP contribution < -0.4 is 0 Å². The van der Waals surface area contributed by atoms with Gasteiger partial charge in [0.1, 0.15) is 0 Å². The zero-order valence-electron chi connectivity index (χ0n) is 12.3. The molecule has 1 fully saturated rings. The van der Waals surface area contributed by atoms with Gasteiger partial charge in [0.05, 0.1) is 5.41 Å². The van der Waals surface area contributed by atoms with Crippen LogP contribution in [0.15, 0.2) is 0 Å². The molecule has 0 radical (unpaired) electrons. The van der Waals surface area contributed by atoms with E-state index in [2.05, 4.69) is 23.9 Å². The first-order valence-corrected chi connectivity index (χ1v) is 7.07. The Labute approximate surface area is 111 Å². The van der Waals surface area contributed by atoms with Gasteiger partial charge in [-0.25, -0.2) is 0 Å². The summed E-state index contributed by atoms with van der Waals surface area (Å²) in [5.41, 5.74) is -0.571. The third-order valence-corrected chi connectivity index (χ3v) is 4.67. The molecule has 1 rings (SSSR count). The highest BCUT2D eigenvalue weighted by atomic mass is 16.4. The molecule has 0 unspecified atom stereocenters. The Morgan fingerprint density at radius 3 is 2.22 bits per heavy atom. The highest BCUT2D eigenvalue weighted by Crippen LogP contribution is 2.29. The summed E-state index contributed by atoms with van der Waals surface area (Å²) in [4.78, 5) is 16.1. The summed E-state index contributed by atoms with van der Waals surface area (Å²) in [7, 11) is 4.23. The molecule has 106 valence electrons. The van der Waals surface area contributed by atoms with Crippen molar-refractivity contribution in [2.24, 2.45) is 5.41 Å². The monoisotopic (exact) mass is 256 g/mol. The topological polar surface area (TPSA) is 43.8 Å². The second-order valence-corrected chi connectivity index (χ2v) is 5.74. The summed E-state index contributed by atoms with van der Waals surface area (Å²) in [6, 6.07) is 0.540. The van der Waals surface area contributed by atoms with Crippen LogP contribution in [0.3, 0.4) is 0 Å². The van der Waals surface area contributed by atoms with Crippen molar-refractivity contribution in [3.63, 3.8) is 0 Å². The maximum absolute atomic E-state index is 11.5. The van der Waals surface area contributed by atoms with E-state index < -0.39 is 11.4 Å². The molecule has 1 aliphatic rings. The lowest BCUT2D eigenvalue weighted by molar-refractivity contribution is -0.151. The first kappa shape index (κ1) is 15.4. The standard InChI is InChI=1S/C14H28N2O2/c1-5-14(6-2,13(17)18)11-16(4)12-7-9-15(3)10-8-12/h12H,5-11H2,1-4H3,(H,17,18). The van der Waals surface area contributed by atoms with Crippen LogP contribution in [0.5, 0.6) is 0 Å².